The summed E-state index contributed by atoms with van der Waals surface area (Å²) < 4.78 is 0. The number of hydrogen-bond acceptors (Lipinski definition) is 1. The maximum atomic E-state index is 12.1. The molecular formula is C18H21NO. The lowest BCUT2D eigenvalue weighted by molar-refractivity contribution is -0.126. The molecule has 1 aliphatic heterocycles. The first-order valence-electron chi connectivity index (χ1n) is 7.59. The normalized spacial score (nSPS) is 22.1. The summed E-state index contributed by atoms with van der Waals surface area (Å²) in [7, 11) is 0. The van der Waals surface area contributed by atoms with E-state index in [4.69, 9.17) is 0 Å². The predicted molar refractivity (Wildman–Crippen MR) is 80.2 cm³/mol. The first-order valence-corrected chi connectivity index (χ1v) is 7.59. The quantitative estimate of drug-likeness (QED) is 0.716. The highest BCUT2D eigenvalue weighted by Gasteiger charge is 2.24. The Morgan fingerprint density at radius 3 is 2.65 bits per heavy atom. The number of amides is 1. The minimum atomic E-state index is 0.0220. The van der Waals surface area contributed by atoms with Crippen molar-refractivity contribution in [3.8, 4) is 11.8 Å². The summed E-state index contributed by atoms with van der Waals surface area (Å²) in [6, 6.07) is 8.71. The highest BCUT2D eigenvalue weighted by atomic mass is 16.2. The first kappa shape index (κ1) is 13.2. The molecule has 1 amide bonds. The van der Waals surface area contributed by atoms with Crippen LogP contribution in [0.1, 0.15) is 42.7 Å². The van der Waals surface area contributed by atoms with Gasteiger partial charge in [-0.15, -0.1) is 0 Å². The topological polar surface area (TPSA) is 20.3 Å². The van der Waals surface area contributed by atoms with Crippen molar-refractivity contribution in [3.05, 3.63) is 35.4 Å². The van der Waals surface area contributed by atoms with Crippen LogP contribution in [0.4, 0.5) is 0 Å². The van der Waals surface area contributed by atoms with Crippen LogP contribution in [0.25, 0.3) is 0 Å². The van der Waals surface area contributed by atoms with Gasteiger partial charge in [0.05, 0.1) is 0 Å². The summed E-state index contributed by atoms with van der Waals surface area (Å²) >= 11 is 0. The summed E-state index contributed by atoms with van der Waals surface area (Å²) in [4.78, 5) is 14.0. The lowest BCUT2D eigenvalue weighted by Gasteiger charge is -2.31. The summed E-state index contributed by atoms with van der Waals surface area (Å²) in [5.74, 6) is 6.89. The molecule has 2 nitrogen and oxygen atoms in total. The maximum absolute atomic E-state index is 12.1. The van der Waals surface area contributed by atoms with Gasteiger partial charge in [-0.25, -0.2) is 0 Å². The molecule has 1 heterocycles. The number of nitrogens with zero attached hydrogens (tertiary/aromatic N) is 1. The van der Waals surface area contributed by atoms with Gasteiger partial charge in [-0.3, -0.25) is 4.79 Å². The summed E-state index contributed by atoms with van der Waals surface area (Å²) in [6.07, 6.45) is 4.59. The summed E-state index contributed by atoms with van der Waals surface area (Å²) in [5, 5.41) is 0. The molecule has 1 saturated carbocycles. The zero-order valence-electron chi connectivity index (χ0n) is 12.1. The Bertz CT molecular complexity index is 545. The number of carbonyl (C=O) groups excluding carboxylic acids is 1. The van der Waals surface area contributed by atoms with Crippen molar-refractivity contribution in [1.29, 1.82) is 0 Å². The van der Waals surface area contributed by atoms with Crippen LogP contribution in [0, 0.1) is 24.7 Å². The van der Waals surface area contributed by atoms with Crippen molar-refractivity contribution >= 4 is 5.91 Å². The van der Waals surface area contributed by atoms with E-state index in [9.17, 15) is 4.79 Å². The standard InChI is InChI=1S/C18H21NO/c1-14-4-9-16(10-5-14)17-3-2-12-19(13-17)18(20)11-8-15-6-7-15/h4-5,9-10,15,17H,2-3,6-7,12-13H2,1H3. The van der Waals surface area contributed by atoms with Gasteiger partial charge < -0.3 is 4.90 Å². The van der Waals surface area contributed by atoms with E-state index in [1.807, 2.05) is 4.90 Å². The molecule has 1 saturated heterocycles. The fourth-order valence-corrected chi connectivity index (χ4v) is 2.74. The van der Waals surface area contributed by atoms with Crippen LogP contribution in [0.5, 0.6) is 0 Å². The number of carbonyl (C=O) groups is 1. The van der Waals surface area contributed by atoms with Crippen LogP contribution in [-0.2, 0) is 4.79 Å². The van der Waals surface area contributed by atoms with Crippen molar-refractivity contribution in [2.75, 3.05) is 13.1 Å². The molecule has 1 aliphatic carbocycles. The van der Waals surface area contributed by atoms with Crippen LogP contribution in [0.15, 0.2) is 24.3 Å². The number of aryl methyl sites for hydroxylation is 1. The van der Waals surface area contributed by atoms with Gasteiger partial charge in [0.25, 0.3) is 5.91 Å². The second-order valence-corrected chi connectivity index (χ2v) is 6.04. The van der Waals surface area contributed by atoms with Crippen molar-refractivity contribution in [2.24, 2.45) is 5.92 Å². The van der Waals surface area contributed by atoms with E-state index in [0.29, 0.717) is 11.8 Å². The van der Waals surface area contributed by atoms with E-state index in [0.717, 1.165) is 19.5 Å². The molecule has 0 N–H and O–H groups in total. The molecule has 20 heavy (non-hydrogen) atoms. The van der Waals surface area contributed by atoms with Gasteiger partial charge in [0.1, 0.15) is 0 Å². The van der Waals surface area contributed by atoms with Crippen molar-refractivity contribution in [1.82, 2.24) is 4.90 Å². The lowest BCUT2D eigenvalue weighted by atomic mass is 9.90. The van der Waals surface area contributed by atoms with Crippen LogP contribution in [0.3, 0.4) is 0 Å². The first-order chi connectivity index (χ1) is 9.72. The minimum Gasteiger partial charge on any atom is -0.331 e. The van der Waals surface area contributed by atoms with Gasteiger partial charge in [-0.2, -0.15) is 0 Å². The third kappa shape index (κ3) is 3.22. The average Bonchev–Trinajstić information content (AvgIpc) is 3.30. The maximum Gasteiger partial charge on any atom is 0.298 e. The van der Waals surface area contributed by atoms with Gasteiger partial charge >= 0.3 is 0 Å². The molecular weight excluding hydrogens is 246 g/mol. The van der Waals surface area contributed by atoms with Gasteiger partial charge in [0.2, 0.25) is 0 Å². The lowest BCUT2D eigenvalue weighted by Crippen LogP contribution is -2.38. The molecule has 0 spiro atoms. The second-order valence-electron chi connectivity index (χ2n) is 6.04. The fraction of sp³-hybridized carbons (Fsp3) is 0.500. The Morgan fingerprint density at radius 2 is 1.95 bits per heavy atom. The number of piperidine rings is 1. The predicted octanol–water partition coefficient (Wildman–Crippen LogP) is 3.11. The SMILES string of the molecule is Cc1ccc(C2CCCN(C(=O)C#CC3CC3)C2)cc1. The fourth-order valence-electron chi connectivity index (χ4n) is 2.74. The average molecular weight is 267 g/mol. The zero-order valence-corrected chi connectivity index (χ0v) is 12.1. The molecule has 0 aromatic heterocycles. The van der Waals surface area contributed by atoms with E-state index in [-0.39, 0.29) is 5.91 Å². The highest BCUT2D eigenvalue weighted by molar-refractivity contribution is 5.93. The Labute approximate surface area is 121 Å². The van der Waals surface area contributed by atoms with Gasteiger partial charge in [0, 0.05) is 24.9 Å². The number of benzene rings is 1. The molecule has 1 aromatic carbocycles. The van der Waals surface area contributed by atoms with Gasteiger partial charge in [0.15, 0.2) is 0 Å². The van der Waals surface area contributed by atoms with Crippen molar-refractivity contribution in [3.63, 3.8) is 0 Å². The molecule has 2 heteroatoms. The molecule has 104 valence electrons. The Kier molecular flexibility index (Phi) is 3.78. The van der Waals surface area contributed by atoms with Gasteiger partial charge in [-0.1, -0.05) is 35.7 Å². The molecule has 2 fully saturated rings. The third-order valence-corrected chi connectivity index (χ3v) is 4.22. The Balaban J connectivity index is 1.65. The molecule has 1 unspecified atom stereocenters. The van der Waals surface area contributed by atoms with Crippen LogP contribution in [-0.4, -0.2) is 23.9 Å². The number of rotatable bonds is 1. The largest absolute Gasteiger partial charge is 0.331 e. The van der Waals surface area contributed by atoms with E-state index < -0.39 is 0 Å². The Morgan fingerprint density at radius 1 is 1.20 bits per heavy atom. The van der Waals surface area contributed by atoms with Crippen LogP contribution < -0.4 is 0 Å². The molecule has 3 rings (SSSR count). The number of hydrogen-bond donors (Lipinski definition) is 0. The molecule has 0 radical (unpaired) electrons. The van der Waals surface area contributed by atoms with Crippen LogP contribution >= 0.6 is 0 Å². The summed E-state index contributed by atoms with van der Waals surface area (Å²) in [6.45, 7) is 3.79. The van der Waals surface area contributed by atoms with Crippen molar-refractivity contribution < 1.29 is 4.79 Å². The van der Waals surface area contributed by atoms with E-state index in [1.54, 1.807) is 0 Å². The monoisotopic (exact) mass is 267 g/mol. The van der Waals surface area contributed by atoms with Crippen LogP contribution in [0.2, 0.25) is 0 Å². The Hall–Kier alpha value is -1.75. The van der Waals surface area contributed by atoms with E-state index in [1.165, 1.54) is 30.4 Å². The number of likely N-dealkylation sites (tertiary alicyclic amines) is 1. The third-order valence-electron chi connectivity index (χ3n) is 4.22. The summed E-state index contributed by atoms with van der Waals surface area (Å²) in [5.41, 5.74) is 2.64. The smallest absolute Gasteiger partial charge is 0.298 e. The minimum absolute atomic E-state index is 0.0220. The van der Waals surface area contributed by atoms with Crippen molar-refractivity contribution in [2.45, 2.75) is 38.5 Å². The van der Waals surface area contributed by atoms with Gasteiger partial charge in [-0.05, 0) is 44.1 Å². The molecule has 0 bridgehead atoms. The molecule has 1 aromatic rings. The highest BCUT2D eigenvalue weighted by Crippen LogP contribution is 2.28. The molecule has 1 atom stereocenters. The molecule has 2 aliphatic rings. The zero-order chi connectivity index (χ0) is 13.9. The van der Waals surface area contributed by atoms with E-state index >= 15 is 0 Å². The second kappa shape index (κ2) is 5.71. The van der Waals surface area contributed by atoms with E-state index in [2.05, 4.69) is 43.0 Å².